The van der Waals surface area contributed by atoms with E-state index in [1.807, 2.05) is 12.1 Å². The maximum Gasteiger partial charge on any atom is 0.224 e. The van der Waals surface area contributed by atoms with Crippen molar-refractivity contribution in [2.24, 2.45) is 5.92 Å². The van der Waals surface area contributed by atoms with Crippen molar-refractivity contribution in [2.75, 3.05) is 23.3 Å². The van der Waals surface area contributed by atoms with Crippen molar-refractivity contribution < 1.29 is 4.79 Å². The van der Waals surface area contributed by atoms with Crippen molar-refractivity contribution in [1.29, 1.82) is 0 Å². The summed E-state index contributed by atoms with van der Waals surface area (Å²) in [6.07, 6.45) is 11.1. The van der Waals surface area contributed by atoms with Crippen molar-refractivity contribution in [3.63, 3.8) is 0 Å². The number of piperidine rings is 2. The van der Waals surface area contributed by atoms with E-state index < -0.39 is 0 Å². The third-order valence-corrected chi connectivity index (χ3v) is 5.76. The van der Waals surface area contributed by atoms with Gasteiger partial charge in [-0.05, 0) is 63.0 Å². The van der Waals surface area contributed by atoms with E-state index in [1.165, 1.54) is 32.1 Å². The SMILES string of the molecule is Cl.Cl.O=C(CC1CC2CCC(C1)N2)Nc1ccc(N2CCCCC2)nc1. The summed E-state index contributed by atoms with van der Waals surface area (Å²) in [6, 6.07) is 5.31. The van der Waals surface area contributed by atoms with Gasteiger partial charge in [-0.2, -0.15) is 0 Å². The largest absolute Gasteiger partial charge is 0.357 e. The lowest BCUT2D eigenvalue weighted by Crippen LogP contribution is -2.39. The second-order valence-corrected chi connectivity index (χ2v) is 7.68. The van der Waals surface area contributed by atoms with Crippen LogP contribution in [0, 0.1) is 5.92 Å². The lowest BCUT2D eigenvalue weighted by molar-refractivity contribution is -0.117. The van der Waals surface area contributed by atoms with Crippen LogP contribution >= 0.6 is 24.8 Å². The summed E-state index contributed by atoms with van der Waals surface area (Å²) in [5.74, 6) is 1.70. The predicted molar refractivity (Wildman–Crippen MR) is 111 cm³/mol. The molecule has 3 fully saturated rings. The van der Waals surface area contributed by atoms with Crippen molar-refractivity contribution in [3.8, 4) is 0 Å². The molecule has 3 aliphatic rings. The Kier molecular flexibility index (Phi) is 7.99. The topological polar surface area (TPSA) is 57.3 Å². The highest BCUT2D eigenvalue weighted by Gasteiger charge is 2.34. The molecule has 3 aliphatic heterocycles. The Morgan fingerprint density at radius 1 is 1.12 bits per heavy atom. The number of nitrogens with one attached hydrogen (secondary N) is 2. The molecule has 4 rings (SSSR count). The van der Waals surface area contributed by atoms with Crippen LogP contribution in [0.15, 0.2) is 18.3 Å². The van der Waals surface area contributed by atoms with Crippen LogP contribution in [-0.2, 0) is 4.79 Å². The van der Waals surface area contributed by atoms with Gasteiger partial charge in [0.25, 0.3) is 0 Å². The minimum atomic E-state index is 0. The first-order valence-electron chi connectivity index (χ1n) is 9.53. The molecule has 1 aromatic rings. The summed E-state index contributed by atoms with van der Waals surface area (Å²) in [6.45, 7) is 2.19. The number of rotatable bonds is 4. The minimum Gasteiger partial charge on any atom is -0.357 e. The molecule has 26 heavy (non-hydrogen) atoms. The number of halogens is 2. The van der Waals surface area contributed by atoms with E-state index in [9.17, 15) is 4.79 Å². The van der Waals surface area contributed by atoms with Gasteiger partial charge in [0.05, 0.1) is 11.9 Å². The molecule has 2 unspecified atom stereocenters. The highest BCUT2D eigenvalue weighted by Crippen LogP contribution is 2.32. The maximum absolute atomic E-state index is 12.3. The van der Waals surface area contributed by atoms with Crippen LogP contribution in [0.1, 0.15) is 51.4 Å². The predicted octanol–water partition coefficient (Wildman–Crippen LogP) is 3.77. The minimum absolute atomic E-state index is 0. The van der Waals surface area contributed by atoms with E-state index in [1.54, 1.807) is 6.20 Å². The quantitative estimate of drug-likeness (QED) is 0.807. The zero-order valence-electron chi connectivity index (χ0n) is 15.2. The smallest absolute Gasteiger partial charge is 0.224 e. The van der Waals surface area contributed by atoms with Crippen molar-refractivity contribution in [1.82, 2.24) is 10.3 Å². The molecule has 0 spiro atoms. The lowest BCUT2D eigenvalue weighted by Gasteiger charge is -2.28. The van der Waals surface area contributed by atoms with Gasteiger partial charge in [0.2, 0.25) is 5.91 Å². The van der Waals surface area contributed by atoms with E-state index in [0.29, 0.717) is 24.4 Å². The van der Waals surface area contributed by atoms with Crippen LogP contribution in [0.3, 0.4) is 0 Å². The second kappa shape index (κ2) is 9.77. The molecular weight excluding hydrogens is 371 g/mol. The molecular formula is C19H30Cl2N4O. The van der Waals surface area contributed by atoms with E-state index in [0.717, 1.165) is 37.4 Å². The normalized spacial score (nSPS) is 27.2. The lowest BCUT2D eigenvalue weighted by atomic mass is 9.89. The van der Waals surface area contributed by atoms with Crippen LogP contribution in [0.4, 0.5) is 11.5 Å². The van der Waals surface area contributed by atoms with E-state index in [4.69, 9.17) is 0 Å². The monoisotopic (exact) mass is 400 g/mol. The second-order valence-electron chi connectivity index (χ2n) is 7.68. The molecule has 1 amide bonds. The van der Waals surface area contributed by atoms with E-state index >= 15 is 0 Å². The van der Waals surface area contributed by atoms with Crippen LogP contribution in [-0.4, -0.2) is 36.1 Å². The summed E-state index contributed by atoms with van der Waals surface area (Å²) in [7, 11) is 0. The third kappa shape index (κ3) is 5.24. The highest BCUT2D eigenvalue weighted by atomic mass is 35.5. The van der Waals surface area contributed by atoms with Crippen molar-refractivity contribution in [3.05, 3.63) is 18.3 Å². The Morgan fingerprint density at radius 2 is 1.81 bits per heavy atom. The van der Waals surface area contributed by atoms with E-state index in [-0.39, 0.29) is 30.7 Å². The maximum atomic E-state index is 12.3. The number of fused-ring (bicyclic) bond motifs is 2. The molecule has 3 saturated heterocycles. The molecule has 0 radical (unpaired) electrons. The molecule has 7 heteroatoms. The zero-order valence-corrected chi connectivity index (χ0v) is 16.8. The Labute approximate surface area is 168 Å². The van der Waals surface area contributed by atoms with Crippen LogP contribution in [0.2, 0.25) is 0 Å². The van der Waals surface area contributed by atoms with Gasteiger partial charge in [0.15, 0.2) is 0 Å². The molecule has 5 nitrogen and oxygen atoms in total. The molecule has 146 valence electrons. The van der Waals surface area contributed by atoms with Crippen LogP contribution < -0.4 is 15.5 Å². The van der Waals surface area contributed by atoms with E-state index in [2.05, 4.69) is 20.5 Å². The summed E-state index contributed by atoms with van der Waals surface area (Å²) in [4.78, 5) is 19.2. The molecule has 2 bridgehead atoms. The average Bonchev–Trinajstić information content (AvgIpc) is 2.95. The van der Waals surface area contributed by atoms with Gasteiger partial charge in [0.1, 0.15) is 5.82 Å². The summed E-state index contributed by atoms with van der Waals surface area (Å²) < 4.78 is 0. The number of aromatic nitrogens is 1. The van der Waals surface area contributed by atoms with Gasteiger partial charge in [-0.25, -0.2) is 4.98 Å². The number of pyridine rings is 1. The summed E-state index contributed by atoms with van der Waals surface area (Å²) >= 11 is 0. The van der Waals surface area contributed by atoms with Crippen LogP contribution in [0.25, 0.3) is 0 Å². The third-order valence-electron chi connectivity index (χ3n) is 5.76. The number of anilines is 2. The van der Waals surface area contributed by atoms with Gasteiger partial charge >= 0.3 is 0 Å². The molecule has 0 saturated carbocycles. The Balaban J connectivity index is 0.00000121. The Hall–Kier alpha value is -1.04. The molecule has 4 heterocycles. The van der Waals surface area contributed by atoms with Gasteiger partial charge in [-0.3, -0.25) is 4.79 Å². The Bertz CT molecular complexity index is 565. The molecule has 0 aromatic carbocycles. The fourth-order valence-electron chi connectivity index (χ4n) is 4.59. The molecule has 2 N–H and O–H groups in total. The number of nitrogens with zero attached hydrogens (tertiary/aromatic N) is 2. The number of carbonyl (C=O) groups excluding carboxylic acids is 1. The fraction of sp³-hybridized carbons (Fsp3) is 0.684. The number of amides is 1. The highest BCUT2D eigenvalue weighted by molar-refractivity contribution is 5.90. The Morgan fingerprint density at radius 3 is 2.42 bits per heavy atom. The first-order valence-corrected chi connectivity index (χ1v) is 9.53. The number of hydrogen-bond donors (Lipinski definition) is 2. The number of hydrogen-bond acceptors (Lipinski definition) is 4. The summed E-state index contributed by atoms with van der Waals surface area (Å²) in [5, 5.41) is 6.66. The average molecular weight is 401 g/mol. The van der Waals surface area contributed by atoms with Gasteiger partial charge in [-0.15, -0.1) is 24.8 Å². The van der Waals surface area contributed by atoms with Crippen LogP contribution in [0.5, 0.6) is 0 Å². The standard InChI is InChI=1S/C19H28N4O.2ClH/c24-19(12-14-10-15-4-5-16(11-14)21-15)22-17-6-7-18(20-13-17)23-8-2-1-3-9-23;;/h6-7,13-16,21H,1-5,8-12H2,(H,22,24);2*1H. The van der Waals surface area contributed by atoms with Gasteiger partial charge in [0, 0.05) is 31.6 Å². The molecule has 1 aromatic heterocycles. The van der Waals surface area contributed by atoms with Crippen molar-refractivity contribution in [2.45, 2.75) is 63.5 Å². The first kappa shape index (κ1) is 21.3. The zero-order chi connectivity index (χ0) is 16.4. The number of carbonyl (C=O) groups is 1. The summed E-state index contributed by atoms with van der Waals surface area (Å²) in [5.41, 5.74) is 0.817. The van der Waals surface area contributed by atoms with Gasteiger partial charge < -0.3 is 15.5 Å². The fourth-order valence-corrected chi connectivity index (χ4v) is 4.59. The molecule has 2 atom stereocenters. The molecule has 0 aliphatic carbocycles. The van der Waals surface area contributed by atoms with Gasteiger partial charge in [-0.1, -0.05) is 0 Å². The first-order chi connectivity index (χ1) is 11.8. The van der Waals surface area contributed by atoms with Crippen molar-refractivity contribution >= 4 is 42.2 Å².